The van der Waals surface area contributed by atoms with Crippen molar-refractivity contribution in [2.24, 2.45) is 0 Å². The number of carboxylic acid groups (broad SMARTS) is 1. The minimum Gasteiger partial charge on any atom is -0.507 e. The van der Waals surface area contributed by atoms with Gasteiger partial charge in [-0.15, -0.1) is 0 Å². The maximum atomic E-state index is 10.7. The van der Waals surface area contributed by atoms with Crippen LogP contribution >= 0.6 is 0 Å². The third kappa shape index (κ3) is 1.88. The van der Waals surface area contributed by atoms with Gasteiger partial charge >= 0.3 is 5.97 Å². The second-order valence-electron chi connectivity index (χ2n) is 3.33. The molecule has 3 nitrogen and oxygen atoms in total. The first-order valence-electron chi connectivity index (χ1n) is 4.71. The lowest BCUT2D eigenvalue weighted by atomic mass is 10.0. The lowest BCUT2D eigenvalue weighted by Gasteiger charge is -2.04. The Labute approximate surface area is 92.6 Å². The van der Waals surface area contributed by atoms with Crippen LogP contribution in [0.1, 0.15) is 10.4 Å². The van der Waals surface area contributed by atoms with Gasteiger partial charge in [-0.1, -0.05) is 30.3 Å². The van der Waals surface area contributed by atoms with Gasteiger partial charge < -0.3 is 10.2 Å². The Morgan fingerprint density at radius 1 is 1.06 bits per heavy atom. The fourth-order valence-electron chi connectivity index (χ4n) is 1.47. The topological polar surface area (TPSA) is 57.5 Å². The molecule has 0 saturated carbocycles. The van der Waals surface area contributed by atoms with Crippen LogP contribution in [0.2, 0.25) is 0 Å². The zero-order valence-corrected chi connectivity index (χ0v) is 8.34. The molecule has 3 heteroatoms. The van der Waals surface area contributed by atoms with Gasteiger partial charge in [-0.3, -0.25) is 0 Å². The maximum Gasteiger partial charge on any atom is 0.339 e. The Balaban J connectivity index is 2.46. The number of hydrogen-bond donors (Lipinski definition) is 2. The Morgan fingerprint density at radius 2 is 1.75 bits per heavy atom. The van der Waals surface area contributed by atoms with Crippen LogP contribution in [0.4, 0.5) is 0 Å². The highest BCUT2D eigenvalue weighted by molar-refractivity contribution is 5.91. The molecule has 0 saturated heterocycles. The second kappa shape index (κ2) is 4.06. The molecule has 2 aromatic carbocycles. The van der Waals surface area contributed by atoms with Crippen molar-refractivity contribution in [3.05, 3.63) is 54.1 Å². The van der Waals surface area contributed by atoms with E-state index in [1.54, 1.807) is 18.2 Å². The van der Waals surface area contributed by atoms with Crippen molar-refractivity contribution in [1.29, 1.82) is 0 Å². The van der Waals surface area contributed by atoms with Crippen molar-refractivity contribution in [3.63, 3.8) is 0 Å². The number of aromatic carboxylic acids is 1. The Bertz CT molecular complexity index is 518. The molecule has 0 bridgehead atoms. The molecule has 79 valence electrons. The van der Waals surface area contributed by atoms with E-state index >= 15 is 0 Å². The minimum atomic E-state index is -1.13. The highest BCUT2D eigenvalue weighted by Crippen LogP contribution is 2.26. The molecular weight excluding hydrogens is 204 g/mol. The van der Waals surface area contributed by atoms with Gasteiger partial charge in [-0.25, -0.2) is 4.79 Å². The molecule has 0 fully saturated rings. The Hall–Kier alpha value is -2.29. The van der Waals surface area contributed by atoms with Crippen molar-refractivity contribution < 1.29 is 15.0 Å². The SMILES string of the molecule is O=C(O)c1ccc(-c2cc[c]cc2)cc1O. The van der Waals surface area contributed by atoms with E-state index in [1.165, 1.54) is 12.1 Å². The van der Waals surface area contributed by atoms with Gasteiger partial charge in [-0.2, -0.15) is 0 Å². The molecule has 0 aromatic heterocycles. The molecule has 0 heterocycles. The monoisotopic (exact) mass is 213 g/mol. The summed E-state index contributed by atoms with van der Waals surface area (Å²) in [6.07, 6.45) is 0. The molecule has 16 heavy (non-hydrogen) atoms. The van der Waals surface area contributed by atoms with Crippen LogP contribution in [0.15, 0.2) is 42.5 Å². The molecule has 0 amide bonds. The van der Waals surface area contributed by atoms with E-state index in [9.17, 15) is 9.90 Å². The molecule has 0 aliphatic heterocycles. The first-order chi connectivity index (χ1) is 7.68. The van der Waals surface area contributed by atoms with Crippen LogP contribution in [0.5, 0.6) is 5.75 Å². The van der Waals surface area contributed by atoms with Crippen LogP contribution in [-0.4, -0.2) is 16.2 Å². The lowest BCUT2D eigenvalue weighted by molar-refractivity contribution is 0.0694. The van der Waals surface area contributed by atoms with Crippen molar-refractivity contribution in [1.82, 2.24) is 0 Å². The normalized spacial score (nSPS) is 10.0. The molecule has 0 spiro atoms. The van der Waals surface area contributed by atoms with Crippen molar-refractivity contribution in [2.45, 2.75) is 0 Å². The predicted molar refractivity (Wildman–Crippen MR) is 59.3 cm³/mol. The molecule has 1 radical (unpaired) electrons. The maximum absolute atomic E-state index is 10.7. The smallest absolute Gasteiger partial charge is 0.339 e. The Kier molecular flexibility index (Phi) is 2.60. The number of rotatable bonds is 2. The number of phenols is 1. The van der Waals surface area contributed by atoms with E-state index in [4.69, 9.17) is 5.11 Å². The van der Waals surface area contributed by atoms with Gasteiger partial charge in [0.05, 0.1) is 0 Å². The average molecular weight is 213 g/mol. The summed E-state index contributed by atoms with van der Waals surface area (Å²) >= 11 is 0. The van der Waals surface area contributed by atoms with Crippen LogP contribution < -0.4 is 0 Å². The predicted octanol–water partition coefficient (Wildman–Crippen LogP) is 2.56. The van der Waals surface area contributed by atoms with E-state index in [0.29, 0.717) is 0 Å². The van der Waals surface area contributed by atoms with E-state index in [0.717, 1.165) is 11.1 Å². The number of carbonyl (C=O) groups is 1. The zero-order valence-electron chi connectivity index (χ0n) is 8.34. The average Bonchev–Trinajstić information content (AvgIpc) is 2.29. The summed E-state index contributed by atoms with van der Waals surface area (Å²) in [5, 5.41) is 18.3. The summed E-state index contributed by atoms with van der Waals surface area (Å²) < 4.78 is 0. The molecule has 0 aliphatic carbocycles. The standard InChI is InChI=1S/C13H9O3/c14-12-8-10(6-7-11(12)13(15)16)9-4-2-1-3-5-9/h2-8,14H,(H,15,16). The number of hydrogen-bond acceptors (Lipinski definition) is 2. The van der Waals surface area contributed by atoms with Crippen molar-refractivity contribution >= 4 is 5.97 Å². The number of aromatic hydroxyl groups is 1. The summed E-state index contributed by atoms with van der Waals surface area (Å²) in [4.78, 5) is 10.7. The van der Waals surface area contributed by atoms with Gasteiger partial charge in [0.25, 0.3) is 0 Å². The first-order valence-corrected chi connectivity index (χ1v) is 4.71. The molecule has 0 unspecified atom stereocenters. The third-order valence-corrected chi connectivity index (χ3v) is 2.28. The van der Waals surface area contributed by atoms with Gasteiger partial charge in [-0.05, 0) is 29.3 Å². The summed E-state index contributed by atoms with van der Waals surface area (Å²) in [5.41, 5.74) is 1.59. The highest BCUT2D eigenvalue weighted by atomic mass is 16.4. The van der Waals surface area contributed by atoms with Gasteiger partial charge in [0, 0.05) is 0 Å². The fraction of sp³-hybridized carbons (Fsp3) is 0. The largest absolute Gasteiger partial charge is 0.507 e. The zero-order chi connectivity index (χ0) is 11.5. The summed E-state index contributed by atoms with van der Waals surface area (Å²) in [6, 6.07) is 14.6. The highest BCUT2D eigenvalue weighted by Gasteiger charge is 2.09. The third-order valence-electron chi connectivity index (χ3n) is 2.28. The summed E-state index contributed by atoms with van der Waals surface area (Å²) in [7, 11) is 0. The molecule has 2 N–H and O–H groups in total. The van der Waals surface area contributed by atoms with Crippen molar-refractivity contribution in [3.8, 4) is 16.9 Å². The van der Waals surface area contributed by atoms with Gasteiger partial charge in [0.15, 0.2) is 0 Å². The van der Waals surface area contributed by atoms with E-state index < -0.39 is 5.97 Å². The minimum absolute atomic E-state index is 0.0914. The molecular formula is C13H9O3. The molecule has 2 aromatic rings. The second-order valence-corrected chi connectivity index (χ2v) is 3.33. The molecule has 0 atom stereocenters. The number of carboxylic acids is 1. The van der Waals surface area contributed by atoms with Crippen LogP contribution in [0.25, 0.3) is 11.1 Å². The molecule has 2 rings (SSSR count). The Morgan fingerprint density at radius 3 is 2.31 bits per heavy atom. The fourth-order valence-corrected chi connectivity index (χ4v) is 1.47. The van der Waals surface area contributed by atoms with E-state index in [-0.39, 0.29) is 11.3 Å². The number of benzene rings is 2. The van der Waals surface area contributed by atoms with Gasteiger partial charge in [0.1, 0.15) is 11.3 Å². The lowest BCUT2D eigenvalue weighted by Crippen LogP contribution is -1.96. The van der Waals surface area contributed by atoms with Crippen LogP contribution in [0.3, 0.4) is 0 Å². The first kappa shape index (κ1) is 10.2. The summed E-state index contributed by atoms with van der Waals surface area (Å²) in [5.74, 6) is -1.36. The van der Waals surface area contributed by atoms with Crippen LogP contribution in [-0.2, 0) is 0 Å². The quantitative estimate of drug-likeness (QED) is 0.806. The van der Waals surface area contributed by atoms with E-state index in [1.807, 2.05) is 12.1 Å². The van der Waals surface area contributed by atoms with Crippen LogP contribution in [0, 0.1) is 6.07 Å². The van der Waals surface area contributed by atoms with Gasteiger partial charge in [0.2, 0.25) is 0 Å². The van der Waals surface area contributed by atoms with Crippen molar-refractivity contribution in [2.75, 3.05) is 0 Å². The molecule has 0 aliphatic rings. The van der Waals surface area contributed by atoms with E-state index in [2.05, 4.69) is 6.07 Å². The summed E-state index contributed by atoms with van der Waals surface area (Å²) in [6.45, 7) is 0.